The van der Waals surface area contributed by atoms with Crippen molar-refractivity contribution < 1.29 is 4.74 Å². The molecule has 1 aliphatic heterocycles. The molecule has 0 radical (unpaired) electrons. The normalized spacial score (nSPS) is 15.3. The first-order valence-electron chi connectivity index (χ1n) is 7.97. The highest BCUT2D eigenvalue weighted by molar-refractivity contribution is 8.08. The van der Waals surface area contributed by atoms with Crippen LogP contribution in [0.4, 0.5) is 5.69 Å². The van der Waals surface area contributed by atoms with Crippen LogP contribution >= 0.6 is 11.8 Å². The number of benzene rings is 2. The summed E-state index contributed by atoms with van der Waals surface area (Å²) in [6, 6.07) is 19.0. The predicted octanol–water partition coefficient (Wildman–Crippen LogP) is 5.49. The highest BCUT2D eigenvalue weighted by Gasteiger charge is 2.18. The largest absolute Gasteiger partial charge is 0.491 e. The number of rotatable bonds is 3. The molecule has 0 atom stereocenters. The second-order valence-electron chi connectivity index (χ2n) is 6.67. The van der Waals surface area contributed by atoms with Gasteiger partial charge in [0.15, 0.2) is 0 Å². The molecule has 0 spiro atoms. The summed E-state index contributed by atoms with van der Waals surface area (Å²) in [5.74, 6) is 1.99. The molecule has 2 aromatic rings. The third-order valence-corrected chi connectivity index (χ3v) is 4.57. The maximum Gasteiger partial charge on any atom is 0.140 e. The van der Waals surface area contributed by atoms with Gasteiger partial charge in [0.25, 0.3) is 0 Å². The fourth-order valence-corrected chi connectivity index (χ4v) is 3.56. The molecule has 0 saturated carbocycles. The van der Waals surface area contributed by atoms with Crippen LogP contribution in [0.5, 0.6) is 0 Å². The van der Waals surface area contributed by atoms with E-state index in [0.717, 1.165) is 29.4 Å². The fraction of sp³-hybridized carbons (Fsp3) is 0.300. The predicted molar refractivity (Wildman–Crippen MR) is 101 cm³/mol. The highest BCUT2D eigenvalue weighted by atomic mass is 32.2. The molecule has 0 unspecified atom stereocenters. The molecule has 1 aliphatic rings. The van der Waals surface area contributed by atoms with E-state index in [1.165, 1.54) is 10.5 Å². The molecule has 3 rings (SSSR count). The average molecular weight is 325 g/mol. The van der Waals surface area contributed by atoms with Gasteiger partial charge in [-0.05, 0) is 38.5 Å². The van der Waals surface area contributed by atoms with Crippen LogP contribution in [0.3, 0.4) is 0 Å². The number of nitrogens with one attached hydrogen (secondary N) is 1. The maximum atomic E-state index is 5.99. The van der Waals surface area contributed by atoms with Gasteiger partial charge in [0.1, 0.15) is 5.76 Å². The van der Waals surface area contributed by atoms with E-state index >= 15 is 0 Å². The van der Waals surface area contributed by atoms with Crippen molar-refractivity contribution >= 4 is 28.1 Å². The molecule has 2 aromatic carbocycles. The molecule has 0 bridgehead atoms. The molecule has 2 nitrogen and oxygen atoms in total. The fourth-order valence-electron chi connectivity index (χ4n) is 2.57. The third kappa shape index (κ3) is 4.11. The molecule has 3 heteroatoms. The Morgan fingerprint density at radius 2 is 1.61 bits per heavy atom. The smallest absolute Gasteiger partial charge is 0.140 e. The Hall–Kier alpha value is -1.87. The number of hydrogen-bond donors (Lipinski definition) is 1. The van der Waals surface area contributed by atoms with Gasteiger partial charge in [0, 0.05) is 22.5 Å². The summed E-state index contributed by atoms with van der Waals surface area (Å²) in [7, 11) is 0. The highest BCUT2D eigenvalue weighted by Crippen LogP contribution is 2.39. The molecule has 0 amide bonds. The Balaban J connectivity index is 1.93. The van der Waals surface area contributed by atoms with Gasteiger partial charge in [-0.25, -0.2) is 0 Å². The molecule has 1 heterocycles. The summed E-state index contributed by atoms with van der Waals surface area (Å²) in [5.41, 5.74) is 3.57. The summed E-state index contributed by atoms with van der Waals surface area (Å²) in [4.78, 5) is 1.23. The van der Waals surface area contributed by atoms with E-state index < -0.39 is 0 Å². The van der Waals surface area contributed by atoms with Crippen molar-refractivity contribution in [1.29, 1.82) is 0 Å². The van der Waals surface area contributed by atoms with Crippen LogP contribution in [-0.4, -0.2) is 17.9 Å². The van der Waals surface area contributed by atoms with Crippen LogP contribution in [-0.2, 0) is 4.74 Å². The van der Waals surface area contributed by atoms with Crippen molar-refractivity contribution in [3.05, 3.63) is 65.7 Å². The summed E-state index contributed by atoms with van der Waals surface area (Å²) in [6.45, 7) is 7.27. The first kappa shape index (κ1) is 16.0. The summed E-state index contributed by atoms with van der Waals surface area (Å²) in [5, 5.41) is 3.50. The molecule has 120 valence electrons. The second kappa shape index (κ2) is 6.71. The van der Waals surface area contributed by atoms with E-state index in [1.807, 2.05) is 17.8 Å². The summed E-state index contributed by atoms with van der Waals surface area (Å²) >= 11 is 1.87. The van der Waals surface area contributed by atoms with Crippen molar-refractivity contribution in [2.45, 2.75) is 26.3 Å². The van der Waals surface area contributed by atoms with E-state index in [9.17, 15) is 0 Å². The zero-order valence-corrected chi connectivity index (χ0v) is 14.7. The molecular formula is C20H23NOS. The first-order chi connectivity index (χ1) is 11.0. The minimum atomic E-state index is 0.0681. The topological polar surface area (TPSA) is 21.3 Å². The van der Waals surface area contributed by atoms with Crippen LogP contribution < -0.4 is 5.32 Å². The lowest BCUT2D eigenvalue weighted by molar-refractivity contribution is 0.301. The number of ether oxygens (including phenoxy) is 1. The van der Waals surface area contributed by atoms with Gasteiger partial charge in [-0.1, -0.05) is 42.5 Å². The van der Waals surface area contributed by atoms with Crippen LogP contribution in [0, 0.1) is 0 Å². The Bertz CT molecular complexity index is 684. The van der Waals surface area contributed by atoms with E-state index in [1.54, 1.807) is 0 Å². The van der Waals surface area contributed by atoms with Gasteiger partial charge in [0.2, 0.25) is 0 Å². The Morgan fingerprint density at radius 1 is 0.913 bits per heavy atom. The zero-order valence-electron chi connectivity index (χ0n) is 13.9. The van der Waals surface area contributed by atoms with Crippen molar-refractivity contribution in [2.75, 3.05) is 17.7 Å². The third-order valence-electron chi connectivity index (χ3n) is 3.48. The lowest BCUT2D eigenvalue weighted by atomic mass is 10.1. The minimum absolute atomic E-state index is 0.0681. The van der Waals surface area contributed by atoms with Crippen LogP contribution in [0.1, 0.15) is 31.9 Å². The van der Waals surface area contributed by atoms with E-state index in [0.29, 0.717) is 0 Å². The SMILES string of the molecule is CC(C)(C)Nc1ccc(C2=C(c3ccccc3)OCCS2)cc1. The zero-order chi connectivity index (χ0) is 16.3. The Labute approximate surface area is 142 Å². The molecule has 23 heavy (non-hydrogen) atoms. The molecule has 1 N–H and O–H groups in total. The number of thioether (sulfide) groups is 1. The van der Waals surface area contributed by atoms with Crippen LogP contribution in [0.15, 0.2) is 54.6 Å². The quantitative estimate of drug-likeness (QED) is 0.806. The van der Waals surface area contributed by atoms with E-state index in [-0.39, 0.29) is 5.54 Å². The summed E-state index contributed by atoms with van der Waals surface area (Å²) in [6.07, 6.45) is 0. The Morgan fingerprint density at radius 3 is 2.26 bits per heavy atom. The molecule has 0 saturated heterocycles. The minimum Gasteiger partial charge on any atom is -0.491 e. The van der Waals surface area contributed by atoms with Crippen LogP contribution in [0.2, 0.25) is 0 Å². The standard InChI is InChI=1S/C20H23NOS/c1-20(2,3)21-17-11-9-16(10-12-17)19-18(22-13-14-23-19)15-7-5-4-6-8-15/h4-12,21H,13-14H2,1-3H3. The molecule has 0 aliphatic carbocycles. The van der Waals surface area contributed by atoms with E-state index in [2.05, 4.69) is 74.6 Å². The number of anilines is 1. The van der Waals surface area contributed by atoms with Crippen molar-refractivity contribution in [1.82, 2.24) is 0 Å². The second-order valence-corrected chi connectivity index (χ2v) is 7.78. The molecule has 0 fully saturated rings. The van der Waals surface area contributed by atoms with Gasteiger partial charge in [0.05, 0.1) is 11.5 Å². The van der Waals surface area contributed by atoms with Gasteiger partial charge < -0.3 is 10.1 Å². The monoisotopic (exact) mass is 325 g/mol. The van der Waals surface area contributed by atoms with Crippen molar-refractivity contribution in [3.8, 4) is 0 Å². The lowest BCUT2D eigenvalue weighted by Crippen LogP contribution is -2.25. The lowest BCUT2D eigenvalue weighted by Gasteiger charge is -2.23. The van der Waals surface area contributed by atoms with Gasteiger partial charge in [-0.15, -0.1) is 11.8 Å². The maximum absolute atomic E-state index is 5.99. The van der Waals surface area contributed by atoms with E-state index in [4.69, 9.17) is 4.74 Å². The van der Waals surface area contributed by atoms with Crippen molar-refractivity contribution in [2.24, 2.45) is 0 Å². The van der Waals surface area contributed by atoms with Crippen LogP contribution in [0.25, 0.3) is 10.7 Å². The summed E-state index contributed by atoms with van der Waals surface area (Å²) < 4.78 is 5.99. The van der Waals surface area contributed by atoms with Gasteiger partial charge in [-0.3, -0.25) is 0 Å². The van der Waals surface area contributed by atoms with Gasteiger partial charge >= 0.3 is 0 Å². The first-order valence-corrected chi connectivity index (χ1v) is 8.95. The number of hydrogen-bond acceptors (Lipinski definition) is 3. The average Bonchev–Trinajstić information content (AvgIpc) is 2.55. The van der Waals surface area contributed by atoms with Crippen molar-refractivity contribution in [3.63, 3.8) is 0 Å². The van der Waals surface area contributed by atoms with Gasteiger partial charge in [-0.2, -0.15) is 0 Å². The molecular weight excluding hydrogens is 302 g/mol. The molecule has 0 aromatic heterocycles. The Kier molecular flexibility index (Phi) is 4.67.